The zero-order valence-electron chi connectivity index (χ0n) is 18.2. The number of aromatic amines is 1. The van der Waals surface area contributed by atoms with Crippen LogP contribution in [-0.2, 0) is 13.2 Å². The molecular weight excluding hydrogens is 443 g/mol. The van der Waals surface area contributed by atoms with Crippen molar-refractivity contribution in [1.29, 1.82) is 0 Å². The highest BCUT2D eigenvalue weighted by Crippen LogP contribution is 2.32. The SMILES string of the molecule is COc1ccccc1-c1n[nH]c(=S)n1NCc1cccc(OC)c1OCc1ccc(F)cc1. The molecule has 3 aromatic carbocycles. The van der Waals surface area contributed by atoms with Crippen molar-refractivity contribution in [3.63, 3.8) is 0 Å². The molecular formula is C24H23FN4O3S. The van der Waals surface area contributed by atoms with Crippen LogP contribution >= 0.6 is 12.2 Å². The Bertz CT molecular complexity index is 1290. The molecule has 0 radical (unpaired) electrons. The molecule has 0 aliphatic carbocycles. The maximum Gasteiger partial charge on any atom is 0.214 e. The Balaban J connectivity index is 1.59. The molecule has 0 saturated carbocycles. The summed E-state index contributed by atoms with van der Waals surface area (Å²) in [5.74, 6) is 2.17. The topological polar surface area (TPSA) is 73.3 Å². The Labute approximate surface area is 195 Å². The monoisotopic (exact) mass is 466 g/mol. The van der Waals surface area contributed by atoms with E-state index in [1.807, 2.05) is 42.5 Å². The number of methoxy groups -OCH3 is 2. The first-order valence-electron chi connectivity index (χ1n) is 10.2. The molecule has 0 bridgehead atoms. The van der Waals surface area contributed by atoms with Gasteiger partial charge in [0.2, 0.25) is 4.77 Å². The van der Waals surface area contributed by atoms with Gasteiger partial charge < -0.3 is 19.6 Å². The van der Waals surface area contributed by atoms with Crippen LogP contribution in [0, 0.1) is 10.6 Å². The van der Waals surface area contributed by atoms with Crippen LogP contribution in [0.1, 0.15) is 11.1 Å². The van der Waals surface area contributed by atoms with Crippen LogP contribution < -0.4 is 19.6 Å². The summed E-state index contributed by atoms with van der Waals surface area (Å²) >= 11 is 5.43. The Hall–Kier alpha value is -3.85. The molecule has 1 aromatic heterocycles. The summed E-state index contributed by atoms with van der Waals surface area (Å²) in [4.78, 5) is 0. The van der Waals surface area contributed by atoms with E-state index in [9.17, 15) is 4.39 Å². The smallest absolute Gasteiger partial charge is 0.214 e. The standard InChI is InChI=1S/C24H23FN4O3S/c1-30-20-8-4-3-7-19(20)23-27-28-24(33)29(23)26-14-17-6-5-9-21(31-2)22(17)32-15-16-10-12-18(25)13-11-16/h3-13,26H,14-15H2,1-2H3,(H,28,33). The van der Waals surface area contributed by atoms with E-state index in [1.54, 1.807) is 31.0 Å². The lowest BCUT2D eigenvalue weighted by Gasteiger charge is -2.17. The third-order valence-corrected chi connectivity index (χ3v) is 5.30. The minimum absolute atomic E-state index is 0.269. The van der Waals surface area contributed by atoms with Crippen molar-refractivity contribution in [2.75, 3.05) is 19.6 Å². The van der Waals surface area contributed by atoms with Gasteiger partial charge in [0.25, 0.3) is 0 Å². The van der Waals surface area contributed by atoms with Gasteiger partial charge in [0, 0.05) is 5.56 Å². The lowest BCUT2D eigenvalue weighted by Crippen LogP contribution is -2.17. The van der Waals surface area contributed by atoms with Crippen molar-refractivity contribution in [3.05, 3.63) is 88.4 Å². The van der Waals surface area contributed by atoms with E-state index >= 15 is 0 Å². The highest BCUT2D eigenvalue weighted by Gasteiger charge is 2.15. The van der Waals surface area contributed by atoms with E-state index < -0.39 is 0 Å². The van der Waals surface area contributed by atoms with E-state index in [-0.39, 0.29) is 12.4 Å². The Morgan fingerprint density at radius 1 is 0.970 bits per heavy atom. The highest BCUT2D eigenvalue weighted by molar-refractivity contribution is 7.71. The molecule has 7 nitrogen and oxygen atoms in total. The average molecular weight is 467 g/mol. The number of nitrogens with zero attached hydrogens (tertiary/aromatic N) is 2. The number of H-pyrrole nitrogens is 1. The molecule has 0 saturated heterocycles. The molecule has 0 spiro atoms. The number of benzene rings is 3. The van der Waals surface area contributed by atoms with Crippen LogP contribution in [0.25, 0.3) is 11.4 Å². The maximum absolute atomic E-state index is 13.2. The molecule has 1 heterocycles. The first-order valence-corrected chi connectivity index (χ1v) is 10.6. The first-order chi connectivity index (χ1) is 16.1. The number of aromatic nitrogens is 3. The van der Waals surface area contributed by atoms with Gasteiger partial charge in [0.15, 0.2) is 17.3 Å². The van der Waals surface area contributed by atoms with E-state index in [2.05, 4.69) is 15.6 Å². The highest BCUT2D eigenvalue weighted by atomic mass is 32.1. The van der Waals surface area contributed by atoms with Crippen LogP contribution in [0.3, 0.4) is 0 Å². The molecule has 0 atom stereocenters. The van der Waals surface area contributed by atoms with Crippen LogP contribution in [0.2, 0.25) is 0 Å². The summed E-state index contributed by atoms with van der Waals surface area (Å²) in [6.45, 7) is 0.650. The van der Waals surface area contributed by atoms with Gasteiger partial charge in [0.1, 0.15) is 18.2 Å². The molecule has 0 aliphatic heterocycles. The summed E-state index contributed by atoms with van der Waals surface area (Å²) < 4.78 is 32.3. The number of para-hydroxylation sites is 2. The van der Waals surface area contributed by atoms with Crippen LogP contribution in [0.4, 0.5) is 4.39 Å². The Morgan fingerprint density at radius 3 is 2.45 bits per heavy atom. The van der Waals surface area contributed by atoms with E-state index in [4.69, 9.17) is 26.4 Å². The zero-order chi connectivity index (χ0) is 23.2. The van der Waals surface area contributed by atoms with Gasteiger partial charge in [-0.15, -0.1) is 0 Å². The minimum Gasteiger partial charge on any atom is -0.496 e. The predicted molar refractivity (Wildman–Crippen MR) is 126 cm³/mol. The molecule has 4 aromatic rings. The molecule has 0 unspecified atom stereocenters. The van der Waals surface area contributed by atoms with Crippen molar-refractivity contribution in [1.82, 2.24) is 14.9 Å². The fourth-order valence-corrected chi connectivity index (χ4v) is 3.58. The second-order valence-corrected chi connectivity index (χ2v) is 7.47. The van der Waals surface area contributed by atoms with Crippen molar-refractivity contribution in [2.45, 2.75) is 13.2 Å². The lowest BCUT2D eigenvalue weighted by molar-refractivity contribution is 0.281. The maximum atomic E-state index is 13.2. The fourth-order valence-electron chi connectivity index (χ4n) is 3.38. The van der Waals surface area contributed by atoms with Gasteiger partial charge in [-0.25, -0.2) is 14.2 Å². The lowest BCUT2D eigenvalue weighted by atomic mass is 10.1. The van der Waals surface area contributed by atoms with Crippen molar-refractivity contribution < 1.29 is 18.6 Å². The van der Waals surface area contributed by atoms with Crippen LogP contribution in [0.5, 0.6) is 17.2 Å². The van der Waals surface area contributed by atoms with Gasteiger partial charge in [-0.2, -0.15) is 5.10 Å². The summed E-state index contributed by atoms with van der Waals surface area (Å²) in [6, 6.07) is 19.4. The van der Waals surface area contributed by atoms with Crippen molar-refractivity contribution >= 4 is 12.2 Å². The summed E-state index contributed by atoms with van der Waals surface area (Å²) in [7, 11) is 3.20. The van der Waals surface area contributed by atoms with Gasteiger partial charge in [0.05, 0.1) is 26.3 Å². The van der Waals surface area contributed by atoms with Gasteiger partial charge in [-0.05, 0) is 48.1 Å². The zero-order valence-corrected chi connectivity index (χ0v) is 19.0. The largest absolute Gasteiger partial charge is 0.496 e. The van der Waals surface area contributed by atoms with Gasteiger partial charge >= 0.3 is 0 Å². The van der Waals surface area contributed by atoms with Crippen molar-refractivity contribution in [2.24, 2.45) is 0 Å². The molecule has 0 amide bonds. The molecule has 4 rings (SSSR count). The third kappa shape index (κ3) is 4.98. The van der Waals surface area contributed by atoms with E-state index in [0.29, 0.717) is 34.4 Å². The van der Waals surface area contributed by atoms with Gasteiger partial charge in [-0.1, -0.05) is 36.4 Å². The molecule has 2 N–H and O–H groups in total. The first kappa shape index (κ1) is 22.3. The number of hydrogen-bond acceptors (Lipinski definition) is 6. The second-order valence-electron chi connectivity index (χ2n) is 7.09. The van der Waals surface area contributed by atoms with E-state index in [0.717, 1.165) is 16.7 Å². The Morgan fingerprint density at radius 2 is 1.70 bits per heavy atom. The molecule has 170 valence electrons. The molecule has 0 fully saturated rings. The number of hydrogen-bond donors (Lipinski definition) is 2. The number of halogens is 1. The average Bonchev–Trinajstić information content (AvgIpc) is 3.22. The molecule has 0 aliphatic rings. The number of ether oxygens (including phenoxy) is 3. The molecule has 33 heavy (non-hydrogen) atoms. The number of nitrogens with one attached hydrogen (secondary N) is 2. The Kier molecular flexibility index (Phi) is 6.89. The summed E-state index contributed by atoms with van der Waals surface area (Å²) in [5.41, 5.74) is 5.79. The summed E-state index contributed by atoms with van der Waals surface area (Å²) in [5, 5.41) is 7.19. The normalized spacial score (nSPS) is 10.6. The third-order valence-electron chi connectivity index (χ3n) is 5.02. The van der Waals surface area contributed by atoms with E-state index in [1.165, 1.54) is 12.1 Å². The molecule has 9 heteroatoms. The fraction of sp³-hybridized carbons (Fsp3) is 0.167. The van der Waals surface area contributed by atoms with Gasteiger partial charge in [-0.3, -0.25) is 0 Å². The van der Waals surface area contributed by atoms with Crippen LogP contribution in [-0.4, -0.2) is 29.1 Å². The summed E-state index contributed by atoms with van der Waals surface area (Å²) in [6.07, 6.45) is 0. The number of rotatable bonds is 9. The van der Waals surface area contributed by atoms with Crippen LogP contribution in [0.15, 0.2) is 66.7 Å². The van der Waals surface area contributed by atoms with Crippen molar-refractivity contribution in [3.8, 4) is 28.6 Å². The minimum atomic E-state index is -0.288. The quantitative estimate of drug-likeness (QED) is 0.335. The second kappa shape index (κ2) is 10.2. The predicted octanol–water partition coefficient (Wildman–Crippen LogP) is 5.09.